The predicted molar refractivity (Wildman–Crippen MR) is 139 cm³/mol. The van der Waals surface area contributed by atoms with Gasteiger partial charge in [-0.05, 0) is 32.8 Å². The highest BCUT2D eigenvalue weighted by Crippen LogP contribution is 2.47. The standard InChI is InChI=1S/C26H29F5N4O5S/c1-4-5-9-38-23(36)35-14-11-15(35)13-34(12-14)22-33-18-16(6-7-17(19(18)39-22)21-32-8-10-41-21)20(25(27,28)29)40-26(30,31)24(2,3)37/h6-8,10,14-15,20,37H,4-5,9,11-13H2,1-3H3. The number of unbranched alkanes of at least 4 members (excludes halogenated alkanes) is 1. The van der Waals surface area contributed by atoms with E-state index in [0.717, 1.165) is 25.3 Å². The molecule has 2 bridgehead atoms. The number of alkyl halides is 5. The second-order valence-corrected chi connectivity index (χ2v) is 11.5. The SMILES string of the molecule is CCCCOC(=O)N1C2CC1CN(c1nc3c(C(OC(F)(F)C(C)(C)O)C(F)(F)F)ccc(-c4nccs4)c3o1)C2. The molecule has 41 heavy (non-hydrogen) atoms. The lowest BCUT2D eigenvalue weighted by atomic mass is 9.88. The zero-order valence-electron chi connectivity index (χ0n) is 22.5. The lowest BCUT2D eigenvalue weighted by molar-refractivity contribution is -0.374. The van der Waals surface area contributed by atoms with Crippen LogP contribution in [0.1, 0.15) is 51.7 Å². The average molecular weight is 605 g/mol. The molecule has 2 aromatic heterocycles. The van der Waals surface area contributed by atoms with Crippen molar-refractivity contribution in [2.24, 2.45) is 0 Å². The minimum Gasteiger partial charge on any atom is -0.449 e. The van der Waals surface area contributed by atoms with Gasteiger partial charge >= 0.3 is 18.4 Å². The number of piperidine rings is 1. The summed E-state index contributed by atoms with van der Waals surface area (Å²) in [4.78, 5) is 24.4. The first kappa shape index (κ1) is 29.5. The fourth-order valence-electron chi connectivity index (χ4n) is 4.93. The van der Waals surface area contributed by atoms with Gasteiger partial charge in [0.1, 0.15) is 16.1 Å². The number of carbonyl (C=O) groups is 1. The molecular formula is C26H29F5N4O5S. The Kier molecular flexibility index (Phi) is 7.66. The third-order valence-electron chi connectivity index (χ3n) is 7.18. The first-order valence-electron chi connectivity index (χ1n) is 13.1. The Morgan fingerprint density at radius 3 is 2.51 bits per heavy atom. The molecule has 0 spiro atoms. The van der Waals surface area contributed by atoms with Crippen LogP contribution in [0.4, 0.5) is 32.8 Å². The van der Waals surface area contributed by atoms with Gasteiger partial charge in [-0.25, -0.2) is 9.78 Å². The summed E-state index contributed by atoms with van der Waals surface area (Å²) < 4.78 is 87.4. The van der Waals surface area contributed by atoms with Gasteiger partial charge < -0.3 is 23.9 Å². The second-order valence-electron chi connectivity index (χ2n) is 10.7. The number of halogens is 5. The van der Waals surface area contributed by atoms with Crippen molar-refractivity contribution in [2.45, 2.75) is 76.1 Å². The number of amides is 1. The Morgan fingerprint density at radius 2 is 1.93 bits per heavy atom. The molecule has 1 amide bonds. The normalized spacial score (nSPS) is 20.3. The highest BCUT2D eigenvalue weighted by molar-refractivity contribution is 7.13. The molecule has 0 saturated carbocycles. The maximum Gasteiger partial charge on any atom is 0.419 e. The van der Waals surface area contributed by atoms with Crippen LogP contribution in [0.25, 0.3) is 21.7 Å². The van der Waals surface area contributed by atoms with E-state index < -0.39 is 35.6 Å². The van der Waals surface area contributed by atoms with Gasteiger partial charge in [-0.2, -0.15) is 26.9 Å². The van der Waals surface area contributed by atoms with E-state index in [9.17, 15) is 31.9 Å². The molecule has 3 fully saturated rings. The summed E-state index contributed by atoms with van der Waals surface area (Å²) in [6.07, 6.45) is -9.51. The molecule has 0 aliphatic carbocycles. The van der Waals surface area contributed by atoms with Gasteiger partial charge in [0.25, 0.3) is 6.01 Å². The Labute approximate surface area is 235 Å². The summed E-state index contributed by atoms with van der Waals surface area (Å²) in [6.45, 7) is 4.20. The summed E-state index contributed by atoms with van der Waals surface area (Å²) in [5.74, 6) is 0. The molecule has 3 saturated heterocycles. The van der Waals surface area contributed by atoms with Crippen LogP contribution in [-0.2, 0) is 9.47 Å². The minimum absolute atomic E-state index is 0.0193. The van der Waals surface area contributed by atoms with Gasteiger partial charge in [0.2, 0.25) is 0 Å². The molecular weight excluding hydrogens is 575 g/mol. The number of carbonyl (C=O) groups excluding carboxylic acids is 1. The van der Waals surface area contributed by atoms with E-state index in [2.05, 4.69) is 14.7 Å². The van der Waals surface area contributed by atoms with Crippen LogP contribution in [0.2, 0.25) is 0 Å². The number of benzene rings is 1. The molecule has 3 aliphatic heterocycles. The number of aromatic nitrogens is 2. The number of oxazole rings is 1. The lowest BCUT2D eigenvalue weighted by Crippen LogP contribution is -2.70. The zero-order chi connectivity index (χ0) is 29.7. The molecule has 1 aromatic carbocycles. The highest BCUT2D eigenvalue weighted by atomic mass is 32.1. The van der Waals surface area contributed by atoms with E-state index in [1.165, 1.54) is 23.6 Å². The largest absolute Gasteiger partial charge is 0.449 e. The predicted octanol–water partition coefficient (Wildman–Crippen LogP) is 6.13. The summed E-state index contributed by atoms with van der Waals surface area (Å²) in [7, 11) is 0. The molecule has 0 radical (unpaired) electrons. The number of piperazine rings is 1. The summed E-state index contributed by atoms with van der Waals surface area (Å²) >= 11 is 1.21. The molecule has 9 nitrogen and oxygen atoms in total. The Morgan fingerprint density at radius 1 is 1.22 bits per heavy atom. The van der Waals surface area contributed by atoms with Crippen molar-refractivity contribution >= 4 is 34.5 Å². The first-order valence-corrected chi connectivity index (χ1v) is 14.0. The maximum absolute atomic E-state index is 14.6. The molecule has 5 heterocycles. The average Bonchev–Trinajstić information content (AvgIpc) is 3.57. The Bertz CT molecular complexity index is 1380. The van der Waals surface area contributed by atoms with Gasteiger partial charge in [-0.15, -0.1) is 11.3 Å². The summed E-state index contributed by atoms with van der Waals surface area (Å²) in [5.41, 5.74) is -3.67. The first-order chi connectivity index (χ1) is 19.2. The molecule has 3 atom stereocenters. The molecule has 6 rings (SSSR count). The van der Waals surface area contributed by atoms with Crippen molar-refractivity contribution in [1.29, 1.82) is 0 Å². The third-order valence-corrected chi connectivity index (χ3v) is 7.99. The zero-order valence-corrected chi connectivity index (χ0v) is 23.3. The van der Waals surface area contributed by atoms with Crippen molar-refractivity contribution in [3.63, 3.8) is 0 Å². The second kappa shape index (κ2) is 10.7. The number of ether oxygens (including phenoxy) is 2. The van der Waals surface area contributed by atoms with E-state index in [1.807, 2.05) is 6.92 Å². The quantitative estimate of drug-likeness (QED) is 0.230. The van der Waals surface area contributed by atoms with E-state index >= 15 is 0 Å². The van der Waals surface area contributed by atoms with Crippen LogP contribution in [0, 0.1) is 0 Å². The maximum atomic E-state index is 14.6. The van der Waals surface area contributed by atoms with E-state index in [0.29, 0.717) is 44.1 Å². The van der Waals surface area contributed by atoms with Gasteiger partial charge in [0.05, 0.1) is 24.3 Å². The van der Waals surface area contributed by atoms with Crippen LogP contribution >= 0.6 is 11.3 Å². The number of hydrogen-bond donors (Lipinski definition) is 1. The minimum atomic E-state index is -5.28. The molecule has 3 unspecified atom stereocenters. The van der Waals surface area contributed by atoms with Crippen LogP contribution in [-0.4, -0.2) is 75.7 Å². The van der Waals surface area contributed by atoms with Gasteiger partial charge in [-0.1, -0.05) is 19.4 Å². The number of aliphatic hydroxyl groups is 1. The molecule has 15 heteroatoms. The smallest absolute Gasteiger partial charge is 0.419 e. The number of nitrogens with zero attached hydrogens (tertiary/aromatic N) is 4. The van der Waals surface area contributed by atoms with Gasteiger partial charge in [0, 0.05) is 30.2 Å². The van der Waals surface area contributed by atoms with Crippen molar-refractivity contribution in [2.75, 3.05) is 24.6 Å². The van der Waals surface area contributed by atoms with Crippen LogP contribution in [0.15, 0.2) is 28.1 Å². The Balaban J connectivity index is 1.50. The molecule has 3 aliphatic rings. The van der Waals surface area contributed by atoms with Crippen molar-refractivity contribution in [3.8, 4) is 10.6 Å². The Hall–Kier alpha value is -3.04. The van der Waals surface area contributed by atoms with Crippen LogP contribution in [0.5, 0.6) is 0 Å². The topological polar surface area (TPSA) is 101 Å². The van der Waals surface area contributed by atoms with Crippen molar-refractivity contribution in [3.05, 3.63) is 29.3 Å². The number of anilines is 1. The van der Waals surface area contributed by atoms with Crippen molar-refractivity contribution in [1.82, 2.24) is 14.9 Å². The van der Waals surface area contributed by atoms with Crippen LogP contribution in [0.3, 0.4) is 0 Å². The lowest BCUT2D eigenvalue weighted by Gasteiger charge is -2.54. The highest BCUT2D eigenvalue weighted by Gasteiger charge is 2.55. The monoisotopic (exact) mass is 604 g/mol. The number of thiazole rings is 1. The fourth-order valence-corrected chi connectivity index (χ4v) is 5.59. The van der Waals surface area contributed by atoms with Crippen molar-refractivity contribution < 1.29 is 45.7 Å². The van der Waals surface area contributed by atoms with E-state index in [4.69, 9.17) is 9.15 Å². The van der Waals surface area contributed by atoms with Crippen LogP contribution < -0.4 is 4.90 Å². The van der Waals surface area contributed by atoms with Gasteiger partial charge in [0.15, 0.2) is 11.7 Å². The number of rotatable bonds is 9. The summed E-state index contributed by atoms with van der Waals surface area (Å²) in [5, 5.41) is 11.9. The number of hydrogen-bond acceptors (Lipinski definition) is 9. The van der Waals surface area contributed by atoms with E-state index in [-0.39, 0.29) is 29.2 Å². The molecule has 1 N–H and O–H groups in total. The van der Waals surface area contributed by atoms with E-state index in [1.54, 1.807) is 15.2 Å². The third kappa shape index (κ3) is 5.58. The molecule has 224 valence electrons. The number of fused-ring (bicyclic) bond motifs is 3. The summed E-state index contributed by atoms with van der Waals surface area (Å²) in [6, 6.07) is 1.87. The fraction of sp³-hybridized carbons (Fsp3) is 0.577. The molecule has 3 aromatic rings. The van der Waals surface area contributed by atoms with Gasteiger partial charge in [-0.3, -0.25) is 4.90 Å².